The van der Waals surface area contributed by atoms with E-state index < -0.39 is 6.36 Å². The lowest BCUT2D eigenvalue weighted by Gasteiger charge is -2.07. The second-order valence-electron chi connectivity index (χ2n) is 4.85. The summed E-state index contributed by atoms with van der Waals surface area (Å²) in [4.78, 5) is 0. The maximum absolute atomic E-state index is 12.1. The molecule has 0 spiro atoms. The number of halogens is 3. The van der Waals surface area contributed by atoms with E-state index in [2.05, 4.69) is 23.2 Å². The van der Waals surface area contributed by atoms with Crippen LogP contribution in [0.5, 0.6) is 5.75 Å². The quantitative estimate of drug-likeness (QED) is 0.563. The minimum atomic E-state index is -4.68. The minimum Gasteiger partial charge on any atom is -0.406 e. The molecule has 0 bridgehead atoms. The number of hydrogen-bond donors (Lipinski definition) is 0. The van der Waals surface area contributed by atoms with Gasteiger partial charge in [0.1, 0.15) is 5.75 Å². The van der Waals surface area contributed by atoms with E-state index in [0.29, 0.717) is 5.56 Å². The van der Waals surface area contributed by atoms with Gasteiger partial charge in [0.05, 0.1) is 0 Å². The summed E-state index contributed by atoms with van der Waals surface area (Å²) in [7, 11) is 0. The first-order chi connectivity index (χ1) is 11.0. The van der Waals surface area contributed by atoms with Gasteiger partial charge in [0.25, 0.3) is 0 Å². The molecule has 0 atom stereocenters. The van der Waals surface area contributed by atoms with E-state index in [1.807, 2.05) is 30.3 Å². The van der Waals surface area contributed by atoms with E-state index in [1.165, 1.54) is 29.8 Å². The molecule has 0 aliphatic heterocycles. The predicted molar refractivity (Wildman–Crippen MR) is 84.1 cm³/mol. The Morgan fingerprint density at radius 3 is 1.91 bits per heavy atom. The van der Waals surface area contributed by atoms with Gasteiger partial charge in [0.2, 0.25) is 0 Å². The molecule has 23 heavy (non-hydrogen) atoms. The average Bonchev–Trinajstić information content (AvgIpc) is 2.52. The van der Waals surface area contributed by atoms with E-state index in [1.54, 1.807) is 0 Å². The van der Waals surface area contributed by atoms with E-state index in [-0.39, 0.29) is 5.75 Å². The van der Waals surface area contributed by atoms with Gasteiger partial charge in [0.15, 0.2) is 0 Å². The molecular weight excluding hydrogens is 301 g/mol. The fourth-order valence-corrected chi connectivity index (χ4v) is 1.91. The zero-order valence-corrected chi connectivity index (χ0v) is 12.4. The van der Waals surface area contributed by atoms with Crippen molar-refractivity contribution in [2.75, 3.05) is 0 Å². The van der Waals surface area contributed by atoms with E-state index in [9.17, 15) is 13.2 Å². The van der Waals surface area contributed by atoms with E-state index >= 15 is 0 Å². The van der Waals surface area contributed by atoms with Crippen LogP contribution < -0.4 is 4.74 Å². The molecule has 0 aliphatic carbocycles. The van der Waals surface area contributed by atoms with Crippen LogP contribution in [0.2, 0.25) is 0 Å². The Balaban J connectivity index is 2.02. The molecule has 0 saturated carbocycles. The van der Waals surface area contributed by atoms with Crippen LogP contribution >= 0.6 is 0 Å². The van der Waals surface area contributed by atoms with Crippen LogP contribution in [0.15, 0.2) is 61.2 Å². The lowest BCUT2D eigenvalue weighted by atomic mass is 10.1. The number of allylic oxidation sites excluding steroid dienone is 1. The number of rotatable bonds is 4. The molecule has 0 amide bonds. The minimum absolute atomic E-state index is 0.255. The molecule has 2 aromatic rings. The van der Waals surface area contributed by atoms with Crippen molar-refractivity contribution in [3.05, 3.63) is 77.9 Å². The standard InChI is InChI=1S/C19H15F3O/c1-2-3-4-15-5-7-16(8-6-15)9-10-17-11-13-18(14-12-17)23-19(20,21)22/h2,5-8,11-14H,1,3-4H2. The summed E-state index contributed by atoms with van der Waals surface area (Å²) >= 11 is 0. The number of hydrogen-bond acceptors (Lipinski definition) is 1. The second kappa shape index (κ2) is 7.55. The molecule has 0 heterocycles. The van der Waals surface area contributed by atoms with Gasteiger partial charge in [0, 0.05) is 11.1 Å². The average molecular weight is 316 g/mol. The predicted octanol–water partition coefficient (Wildman–Crippen LogP) is 5.10. The van der Waals surface area contributed by atoms with Crippen molar-refractivity contribution in [2.24, 2.45) is 0 Å². The Labute approximate surface area is 133 Å². The van der Waals surface area contributed by atoms with Crippen LogP contribution in [0.4, 0.5) is 13.2 Å². The monoisotopic (exact) mass is 316 g/mol. The van der Waals surface area contributed by atoms with Gasteiger partial charge >= 0.3 is 6.36 Å². The molecule has 118 valence electrons. The smallest absolute Gasteiger partial charge is 0.406 e. The topological polar surface area (TPSA) is 9.23 Å². The largest absolute Gasteiger partial charge is 0.573 e. The normalized spacial score (nSPS) is 10.6. The van der Waals surface area contributed by atoms with Gasteiger partial charge in [-0.1, -0.05) is 30.0 Å². The highest BCUT2D eigenvalue weighted by molar-refractivity contribution is 5.44. The number of benzene rings is 2. The van der Waals surface area contributed by atoms with Gasteiger partial charge in [-0.15, -0.1) is 19.8 Å². The molecule has 0 aromatic heterocycles. The molecule has 4 heteroatoms. The van der Waals surface area contributed by atoms with Gasteiger partial charge in [-0.3, -0.25) is 0 Å². The summed E-state index contributed by atoms with van der Waals surface area (Å²) in [5.74, 6) is 5.63. The van der Waals surface area contributed by atoms with Gasteiger partial charge < -0.3 is 4.74 Å². The summed E-state index contributed by atoms with van der Waals surface area (Å²) in [5, 5.41) is 0. The third-order valence-corrected chi connectivity index (χ3v) is 3.03. The Morgan fingerprint density at radius 1 is 0.913 bits per heavy atom. The highest BCUT2D eigenvalue weighted by Gasteiger charge is 2.30. The molecule has 0 radical (unpaired) electrons. The third kappa shape index (κ3) is 5.91. The fraction of sp³-hybridized carbons (Fsp3) is 0.158. The Hall–Kier alpha value is -2.67. The molecule has 0 aliphatic rings. The lowest BCUT2D eigenvalue weighted by molar-refractivity contribution is -0.274. The van der Waals surface area contributed by atoms with Crippen LogP contribution in [-0.2, 0) is 6.42 Å². The molecular formula is C19H15F3O. The van der Waals surface area contributed by atoms with Crippen molar-refractivity contribution >= 4 is 0 Å². The van der Waals surface area contributed by atoms with Gasteiger partial charge in [-0.05, 0) is 54.8 Å². The highest BCUT2D eigenvalue weighted by Crippen LogP contribution is 2.22. The fourth-order valence-electron chi connectivity index (χ4n) is 1.91. The zero-order chi connectivity index (χ0) is 16.7. The van der Waals surface area contributed by atoms with Crippen LogP contribution in [0.3, 0.4) is 0 Å². The molecule has 0 fully saturated rings. The first-order valence-corrected chi connectivity index (χ1v) is 7.04. The summed E-state index contributed by atoms with van der Waals surface area (Å²) < 4.78 is 40.0. The lowest BCUT2D eigenvalue weighted by Crippen LogP contribution is -2.16. The SMILES string of the molecule is C=CCCc1ccc(C#Cc2ccc(OC(F)(F)F)cc2)cc1. The number of aryl methyl sites for hydroxylation is 1. The van der Waals surface area contributed by atoms with Gasteiger partial charge in [-0.25, -0.2) is 0 Å². The van der Waals surface area contributed by atoms with Crippen molar-refractivity contribution in [3.8, 4) is 17.6 Å². The van der Waals surface area contributed by atoms with E-state index in [4.69, 9.17) is 0 Å². The summed E-state index contributed by atoms with van der Waals surface area (Å²) in [5.41, 5.74) is 2.68. The van der Waals surface area contributed by atoms with E-state index in [0.717, 1.165) is 18.4 Å². The van der Waals surface area contributed by atoms with Crippen molar-refractivity contribution in [1.29, 1.82) is 0 Å². The maximum Gasteiger partial charge on any atom is 0.573 e. The number of ether oxygens (including phenoxy) is 1. The molecule has 2 rings (SSSR count). The molecule has 0 unspecified atom stereocenters. The summed E-state index contributed by atoms with van der Waals surface area (Å²) in [6.45, 7) is 3.69. The molecule has 0 saturated heterocycles. The molecule has 1 nitrogen and oxygen atoms in total. The van der Waals surface area contributed by atoms with Crippen molar-refractivity contribution in [3.63, 3.8) is 0 Å². The van der Waals surface area contributed by atoms with Crippen LogP contribution in [0, 0.1) is 11.8 Å². The molecule has 2 aromatic carbocycles. The third-order valence-electron chi connectivity index (χ3n) is 3.03. The maximum atomic E-state index is 12.1. The van der Waals surface area contributed by atoms with Crippen molar-refractivity contribution < 1.29 is 17.9 Å². The van der Waals surface area contributed by atoms with Gasteiger partial charge in [-0.2, -0.15) is 0 Å². The first-order valence-electron chi connectivity index (χ1n) is 7.04. The van der Waals surface area contributed by atoms with Crippen molar-refractivity contribution in [1.82, 2.24) is 0 Å². The molecule has 0 N–H and O–H groups in total. The van der Waals surface area contributed by atoms with Crippen LogP contribution in [0.1, 0.15) is 23.1 Å². The summed E-state index contributed by atoms with van der Waals surface area (Å²) in [6.07, 6.45) is -0.935. The Kier molecular flexibility index (Phi) is 5.48. The zero-order valence-electron chi connectivity index (χ0n) is 12.4. The first kappa shape index (κ1) is 16.7. The highest BCUT2D eigenvalue weighted by atomic mass is 19.4. The Morgan fingerprint density at radius 2 is 1.43 bits per heavy atom. The number of alkyl halides is 3. The summed E-state index contributed by atoms with van der Waals surface area (Å²) in [6, 6.07) is 13.3. The van der Waals surface area contributed by atoms with Crippen LogP contribution in [0.25, 0.3) is 0 Å². The Bertz CT molecular complexity index is 702. The van der Waals surface area contributed by atoms with Crippen molar-refractivity contribution in [2.45, 2.75) is 19.2 Å². The second-order valence-corrected chi connectivity index (χ2v) is 4.85. The van der Waals surface area contributed by atoms with Crippen LogP contribution in [-0.4, -0.2) is 6.36 Å².